The van der Waals surface area contributed by atoms with Crippen LogP contribution in [0.5, 0.6) is 11.5 Å². The lowest BCUT2D eigenvalue weighted by Gasteiger charge is -2.26. The fourth-order valence-electron chi connectivity index (χ4n) is 3.42. The summed E-state index contributed by atoms with van der Waals surface area (Å²) in [7, 11) is 0. The molecule has 3 aromatic rings. The lowest BCUT2D eigenvalue weighted by molar-refractivity contribution is -0.122. The molecule has 188 valence electrons. The molecule has 3 aromatic carbocycles. The number of benzene rings is 3. The van der Waals surface area contributed by atoms with E-state index in [-0.39, 0.29) is 40.0 Å². The van der Waals surface area contributed by atoms with E-state index in [0.717, 1.165) is 10.5 Å². The molecule has 1 aliphatic rings. The van der Waals surface area contributed by atoms with Crippen molar-refractivity contribution in [1.82, 2.24) is 5.32 Å². The van der Waals surface area contributed by atoms with Crippen LogP contribution in [0.2, 0.25) is 10.0 Å². The van der Waals surface area contributed by atoms with Gasteiger partial charge in [-0.25, -0.2) is 9.69 Å². The quantitative estimate of drug-likeness (QED) is 0.308. The Kier molecular flexibility index (Phi) is 7.47. The maximum absolute atomic E-state index is 13.1. The van der Waals surface area contributed by atoms with E-state index in [9.17, 15) is 24.3 Å². The Morgan fingerprint density at radius 3 is 2.49 bits per heavy atom. The zero-order valence-electron chi connectivity index (χ0n) is 19.2. The molecule has 0 spiro atoms. The third-order valence-corrected chi connectivity index (χ3v) is 5.94. The van der Waals surface area contributed by atoms with Gasteiger partial charge in [-0.05, 0) is 73.2 Å². The summed E-state index contributed by atoms with van der Waals surface area (Å²) >= 11 is 12.2. The average molecular weight is 540 g/mol. The normalized spacial score (nSPS) is 14.5. The fourth-order valence-corrected chi connectivity index (χ4v) is 3.78. The number of amides is 5. The minimum absolute atomic E-state index is 0.0595. The summed E-state index contributed by atoms with van der Waals surface area (Å²) in [4.78, 5) is 51.2. The van der Waals surface area contributed by atoms with Gasteiger partial charge in [0, 0.05) is 21.3 Å². The summed E-state index contributed by atoms with van der Waals surface area (Å²) in [6.07, 6.45) is 1.22. The molecule has 0 unspecified atom stereocenters. The van der Waals surface area contributed by atoms with Gasteiger partial charge in [0.1, 0.15) is 17.1 Å². The number of aromatic hydroxyl groups is 1. The number of anilines is 2. The van der Waals surface area contributed by atoms with Crippen LogP contribution in [-0.4, -0.2) is 35.5 Å². The number of aryl methyl sites for hydroxylation is 1. The van der Waals surface area contributed by atoms with Gasteiger partial charge in [0.05, 0.1) is 5.69 Å². The molecular formula is C26H19Cl2N3O6. The van der Waals surface area contributed by atoms with Gasteiger partial charge < -0.3 is 15.2 Å². The van der Waals surface area contributed by atoms with E-state index in [2.05, 4.69) is 10.6 Å². The number of phenols is 1. The molecule has 0 saturated carbocycles. The number of hydrogen-bond donors (Lipinski definition) is 3. The first-order chi connectivity index (χ1) is 17.6. The molecular weight excluding hydrogens is 521 g/mol. The van der Waals surface area contributed by atoms with Gasteiger partial charge in [0.15, 0.2) is 6.61 Å². The van der Waals surface area contributed by atoms with Crippen molar-refractivity contribution in [3.8, 4) is 11.5 Å². The van der Waals surface area contributed by atoms with Crippen molar-refractivity contribution in [3.05, 3.63) is 87.4 Å². The third-order valence-electron chi connectivity index (χ3n) is 5.30. The molecule has 1 aliphatic heterocycles. The largest absolute Gasteiger partial charge is 0.508 e. The third kappa shape index (κ3) is 5.91. The number of hydrogen-bond acceptors (Lipinski definition) is 6. The van der Waals surface area contributed by atoms with Crippen LogP contribution >= 0.6 is 23.2 Å². The number of imide groups is 2. The van der Waals surface area contributed by atoms with Crippen molar-refractivity contribution in [2.75, 3.05) is 16.8 Å². The number of barbiturate groups is 1. The van der Waals surface area contributed by atoms with E-state index in [4.69, 9.17) is 27.9 Å². The van der Waals surface area contributed by atoms with Gasteiger partial charge in [0.2, 0.25) is 0 Å². The molecule has 4 rings (SSSR count). The zero-order chi connectivity index (χ0) is 26.7. The van der Waals surface area contributed by atoms with Crippen LogP contribution in [0.3, 0.4) is 0 Å². The Morgan fingerprint density at radius 2 is 1.78 bits per heavy atom. The van der Waals surface area contributed by atoms with E-state index in [0.29, 0.717) is 10.7 Å². The number of nitrogens with zero attached hydrogens (tertiary/aromatic N) is 1. The maximum atomic E-state index is 13.1. The van der Waals surface area contributed by atoms with E-state index in [1.54, 1.807) is 18.2 Å². The molecule has 1 heterocycles. The second-order valence-electron chi connectivity index (χ2n) is 7.96. The fraction of sp³-hybridized carbons (Fsp3) is 0.0769. The number of rotatable bonds is 6. The Bertz CT molecular complexity index is 1450. The first kappa shape index (κ1) is 25.7. The number of carbonyl (C=O) groups excluding carboxylic acids is 4. The van der Waals surface area contributed by atoms with E-state index in [1.807, 2.05) is 6.92 Å². The van der Waals surface area contributed by atoms with Crippen LogP contribution in [0, 0.1) is 6.92 Å². The Labute approximate surface area is 221 Å². The first-order valence-corrected chi connectivity index (χ1v) is 11.6. The predicted molar refractivity (Wildman–Crippen MR) is 139 cm³/mol. The molecule has 0 bridgehead atoms. The highest BCUT2D eigenvalue weighted by Gasteiger charge is 2.37. The number of halogens is 2. The van der Waals surface area contributed by atoms with E-state index < -0.39 is 23.8 Å². The summed E-state index contributed by atoms with van der Waals surface area (Å²) in [6, 6.07) is 13.9. The molecule has 0 radical (unpaired) electrons. The Balaban J connectivity index is 1.57. The zero-order valence-corrected chi connectivity index (χ0v) is 20.8. The minimum Gasteiger partial charge on any atom is -0.508 e. The van der Waals surface area contributed by atoms with Gasteiger partial charge >= 0.3 is 6.03 Å². The molecule has 11 heteroatoms. The maximum Gasteiger partial charge on any atom is 0.335 e. The van der Waals surface area contributed by atoms with Crippen LogP contribution in [0.4, 0.5) is 16.2 Å². The van der Waals surface area contributed by atoms with Crippen LogP contribution in [0.25, 0.3) is 6.08 Å². The minimum atomic E-state index is -0.937. The summed E-state index contributed by atoms with van der Waals surface area (Å²) in [6.45, 7) is 1.45. The molecule has 37 heavy (non-hydrogen) atoms. The second-order valence-corrected chi connectivity index (χ2v) is 8.80. The van der Waals surface area contributed by atoms with E-state index >= 15 is 0 Å². The van der Waals surface area contributed by atoms with E-state index in [1.165, 1.54) is 48.5 Å². The number of carbonyl (C=O) groups is 4. The number of phenolic OH excluding ortho intramolecular Hbond substituents is 1. The highest BCUT2D eigenvalue weighted by molar-refractivity contribution is 6.39. The van der Waals surface area contributed by atoms with Gasteiger partial charge in [-0.3, -0.25) is 19.7 Å². The number of urea groups is 1. The van der Waals surface area contributed by atoms with Crippen LogP contribution in [0.1, 0.15) is 11.1 Å². The summed E-state index contributed by atoms with van der Waals surface area (Å²) in [5, 5.41) is 15.1. The van der Waals surface area contributed by atoms with Gasteiger partial charge in [-0.2, -0.15) is 0 Å². The highest BCUT2D eigenvalue weighted by atomic mass is 35.5. The summed E-state index contributed by atoms with van der Waals surface area (Å²) < 4.78 is 5.64. The lowest BCUT2D eigenvalue weighted by atomic mass is 10.1. The first-order valence-electron chi connectivity index (χ1n) is 10.8. The van der Waals surface area contributed by atoms with Crippen molar-refractivity contribution in [1.29, 1.82) is 0 Å². The van der Waals surface area contributed by atoms with Crippen molar-refractivity contribution in [2.24, 2.45) is 0 Å². The van der Waals surface area contributed by atoms with Gasteiger partial charge in [-0.15, -0.1) is 0 Å². The van der Waals surface area contributed by atoms with Crippen LogP contribution in [0.15, 0.2) is 66.2 Å². The number of ether oxygens (including phenoxy) is 1. The SMILES string of the molecule is Cc1ccc(NC(=O)COc2ccc(Cl)cc2/C=C2/C(=O)NC(=O)N(c3ccc(O)cc3)C2=O)cc1Cl. The van der Waals surface area contributed by atoms with Crippen molar-refractivity contribution in [3.63, 3.8) is 0 Å². The molecule has 1 saturated heterocycles. The Morgan fingerprint density at radius 1 is 1.05 bits per heavy atom. The van der Waals surface area contributed by atoms with Crippen molar-refractivity contribution < 1.29 is 29.0 Å². The second kappa shape index (κ2) is 10.7. The lowest BCUT2D eigenvalue weighted by Crippen LogP contribution is -2.54. The smallest absolute Gasteiger partial charge is 0.335 e. The standard InChI is InChI=1S/C26H19Cl2N3O6/c1-14-2-4-17(12-21(14)28)29-23(33)13-37-22-9-3-16(27)10-15(22)11-20-24(34)30-26(36)31(25(20)35)18-5-7-19(32)8-6-18/h2-12,32H,13H2,1H3,(H,29,33)(H,30,34,36)/b20-11-. The summed E-state index contributed by atoms with van der Waals surface area (Å²) in [5.41, 5.74) is 1.37. The van der Waals surface area contributed by atoms with Crippen LogP contribution < -0.4 is 20.3 Å². The van der Waals surface area contributed by atoms with Crippen LogP contribution in [-0.2, 0) is 14.4 Å². The molecule has 9 nitrogen and oxygen atoms in total. The van der Waals surface area contributed by atoms with Crippen molar-refractivity contribution >= 4 is 64.4 Å². The number of nitrogens with one attached hydrogen (secondary N) is 2. The van der Waals surface area contributed by atoms with Crippen molar-refractivity contribution in [2.45, 2.75) is 6.92 Å². The highest BCUT2D eigenvalue weighted by Crippen LogP contribution is 2.28. The molecule has 0 aromatic heterocycles. The predicted octanol–water partition coefficient (Wildman–Crippen LogP) is 4.69. The van der Waals surface area contributed by atoms with Gasteiger partial charge in [-0.1, -0.05) is 29.3 Å². The molecule has 0 atom stereocenters. The topological polar surface area (TPSA) is 125 Å². The molecule has 3 N–H and O–H groups in total. The summed E-state index contributed by atoms with van der Waals surface area (Å²) in [5.74, 6) is -2.16. The van der Waals surface area contributed by atoms with Gasteiger partial charge in [0.25, 0.3) is 17.7 Å². The molecule has 1 fully saturated rings. The average Bonchev–Trinajstić information content (AvgIpc) is 2.84. The monoisotopic (exact) mass is 539 g/mol. The Hall–Kier alpha value is -4.34. The molecule has 5 amide bonds. The molecule has 0 aliphatic carbocycles.